The van der Waals surface area contributed by atoms with Crippen molar-refractivity contribution < 1.29 is 23.7 Å². The normalized spacial score (nSPS) is 18.7. The van der Waals surface area contributed by atoms with Crippen LogP contribution >= 0.6 is 10.6 Å². The fraction of sp³-hybridized carbons (Fsp3) is 0.414. The lowest BCUT2D eigenvalue weighted by Gasteiger charge is -2.41. The number of aliphatic hydroxyl groups excluding tert-OH is 1. The zero-order chi connectivity index (χ0) is 28.2. The molecule has 0 bridgehead atoms. The van der Waals surface area contributed by atoms with Gasteiger partial charge in [0.25, 0.3) is 0 Å². The Labute approximate surface area is 236 Å². The van der Waals surface area contributed by atoms with Gasteiger partial charge in [0.05, 0.1) is 29.8 Å². The molecule has 1 aliphatic heterocycles. The first kappa shape index (κ1) is 28.3. The van der Waals surface area contributed by atoms with Crippen LogP contribution < -0.4 is 15.5 Å². The molecule has 1 saturated carbocycles. The van der Waals surface area contributed by atoms with E-state index in [0.29, 0.717) is 67.7 Å². The van der Waals surface area contributed by atoms with E-state index in [1.807, 2.05) is 36.4 Å². The van der Waals surface area contributed by atoms with Crippen LogP contribution in [0.3, 0.4) is 0 Å². The number of anilines is 2. The van der Waals surface area contributed by atoms with Gasteiger partial charge in [-0.15, -0.1) is 0 Å². The molecular formula is C29H37N5O5S. The molecule has 10 nitrogen and oxygen atoms in total. The summed E-state index contributed by atoms with van der Waals surface area (Å²) in [7, 11) is -3.18. The third kappa shape index (κ3) is 5.79. The van der Waals surface area contributed by atoms with E-state index in [0.717, 1.165) is 17.8 Å². The van der Waals surface area contributed by atoms with Crippen LogP contribution in [-0.4, -0.2) is 69.2 Å². The molecule has 1 aliphatic carbocycles. The van der Waals surface area contributed by atoms with E-state index in [-0.39, 0.29) is 18.7 Å². The van der Waals surface area contributed by atoms with E-state index in [2.05, 4.69) is 22.5 Å². The van der Waals surface area contributed by atoms with Crippen molar-refractivity contribution in [1.82, 2.24) is 15.3 Å². The Morgan fingerprint density at radius 3 is 2.55 bits per heavy atom. The molecule has 2 amide bonds. The SMILES string of the molecule is CC[C@H]1COCCN1c1cc(C2(S(O)(O)c3ccccc3)CC2)nc(-c2ccc(NC(=O)NCCCO)cc2)n1. The highest BCUT2D eigenvalue weighted by molar-refractivity contribution is 8.25. The van der Waals surface area contributed by atoms with Crippen LogP contribution in [0.15, 0.2) is 65.6 Å². The highest BCUT2D eigenvalue weighted by atomic mass is 32.3. The minimum absolute atomic E-state index is 0.0152. The standard InChI is InChI=1S/C29H37N5O5S/c1-2-23-20-39-18-16-34(23)26-19-25(29(13-14-29)40(37,38)24-7-4-3-5-8-24)32-27(33-26)21-9-11-22(12-10-21)31-28(36)30-15-6-17-35/h3-5,7-12,19,23,35,37-38H,2,6,13-18,20H2,1H3,(H2,30,31,36)/t23-/m0/s1. The monoisotopic (exact) mass is 567 g/mol. The molecular weight excluding hydrogens is 530 g/mol. The summed E-state index contributed by atoms with van der Waals surface area (Å²) in [5.74, 6) is 1.23. The summed E-state index contributed by atoms with van der Waals surface area (Å²) < 4.78 is 28.0. The molecule has 11 heteroatoms. The van der Waals surface area contributed by atoms with Gasteiger partial charge in [0, 0.05) is 37.0 Å². The first-order valence-corrected chi connectivity index (χ1v) is 15.3. The Morgan fingerprint density at radius 1 is 1.12 bits per heavy atom. The summed E-state index contributed by atoms with van der Waals surface area (Å²) in [5, 5.41) is 14.4. The molecule has 2 aromatic carbocycles. The zero-order valence-corrected chi connectivity index (χ0v) is 23.4. The van der Waals surface area contributed by atoms with Gasteiger partial charge in [0.1, 0.15) is 10.6 Å². The number of rotatable bonds is 10. The molecule has 2 heterocycles. The Hall–Kier alpha value is -3.22. The highest BCUT2D eigenvalue weighted by Gasteiger charge is 2.57. The Kier molecular flexibility index (Phi) is 8.57. The quantitative estimate of drug-likeness (QED) is 0.214. The van der Waals surface area contributed by atoms with Gasteiger partial charge >= 0.3 is 6.03 Å². The summed E-state index contributed by atoms with van der Waals surface area (Å²) in [6.45, 7) is 4.40. The smallest absolute Gasteiger partial charge is 0.319 e. The Balaban J connectivity index is 1.50. The lowest BCUT2D eigenvalue weighted by Crippen LogP contribution is -2.45. The lowest BCUT2D eigenvalue weighted by atomic mass is 10.1. The molecule has 214 valence electrons. The van der Waals surface area contributed by atoms with Crippen molar-refractivity contribution in [1.29, 1.82) is 0 Å². The second-order valence-corrected chi connectivity index (χ2v) is 12.5. The number of benzene rings is 2. The van der Waals surface area contributed by atoms with Crippen molar-refractivity contribution in [3.63, 3.8) is 0 Å². The van der Waals surface area contributed by atoms with E-state index >= 15 is 0 Å². The minimum atomic E-state index is -3.18. The van der Waals surface area contributed by atoms with Gasteiger partial charge < -0.3 is 25.4 Å². The number of carbonyl (C=O) groups excluding carboxylic acids is 1. The van der Waals surface area contributed by atoms with Crippen molar-refractivity contribution >= 4 is 28.1 Å². The number of morpholine rings is 1. The second-order valence-electron chi connectivity index (χ2n) is 10.2. The van der Waals surface area contributed by atoms with E-state index in [1.165, 1.54) is 0 Å². The van der Waals surface area contributed by atoms with Crippen molar-refractivity contribution in [3.8, 4) is 11.4 Å². The Bertz CT molecular complexity index is 1300. The number of urea groups is 1. The molecule has 0 spiro atoms. The molecule has 5 N–H and O–H groups in total. The highest BCUT2D eigenvalue weighted by Crippen LogP contribution is 2.75. The van der Waals surface area contributed by atoms with Crippen LogP contribution in [0.5, 0.6) is 0 Å². The molecule has 3 aromatic rings. The molecule has 1 atom stereocenters. The largest absolute Gasteiger partial charge is 0.396 e. The van der Waals surface area contributed by atoms with Crippen LogP contribution in [0.1, 0.15) is 38.3 Å². The van der Waals surface area contributed by atoms with Crippen LogP contribution in [0, 0.1) is 0 Å². The molecule has 1 saturated heterocycles. The number of hydrogen-bond acceptors (Lipinski definition) is 8. The average molecular weight is 568 g/mol. The number of nitrogens with one attached hydrogen (secondary N) is 2. The predicted octanol–water partition coefficient (Wildman–Crippen LogP) is 5.06. The van der Waals surface area contributed by atoms with E-state index in [4.69, 9.17) is 19.8 Å². The van der Waals surface area contributed by atoms with Crippen LogP contribution in [0.25, 0.3) is 11.4 Å². The third-order valence-corrected chi connectivity index (χ3v) is 10.2. The summed E-state index contributed by atoms with van der Waals surface area (Å²) in [6, 6.07) is 18.0. The van der Waals surface area contributed by atoms with E-state index < -0.39 is 15.3 Å². The number of nitrogens with zero attached hydrogens (tertiary/aromatic N) is 3. The van der Waals surface area contributed by atoms with E-state index in [9.17, 15) is 13.9 Å². The number of carbonyl (C=O) groups is 1. The van der Waals surface area contributed by atoms with Crippen LogP contribution in [0.4, 0.5) is 16.3 Å². The Morgan fingerprint density at radius 2 is 1.88 bits per heavy atom. The fourth-order valence-electron chi connectivity index (χ4n) is 5.03. The average Bonchev–Trinajstić information content (AvgIpc) is 3.81. The van der Waals surface area contributed by atoms with Crippen molar-refractivity contribution in [2.24, 2.45) is 0 Å². The van der Waals surface area contributed by atoms with Gasteiger partial charge in [-0.1, -0.05) is 25.1 Å². The van der Waals surface area contributed by atoms with Gasteiger partial charge in [0.2, 0.25) is 0 Å². The van der Waals surface area contributed by atoms with Gasteiger partial charge in [-0.2, -0.15) is 10.6 Å². The summed E-state index contributed by atoms with van der Waals surface area (Å²) in [6.07, 6.45) is 2.62. The fourth-order valence-corrected chi connectivity index (χ4v) is 7.09. The van der Waals surface area contributed by atoms with Gasteiger partial charge in [-0.05, 0) is 62.1 Å². The van der Waals surface area contributed by atoms with Gasteiger partial charge in [-0.3, -0.25) is 9.11 Å². The topological polar surface area (TPSA) is 140 Å². The molecule has 2 fully saturated rings. The first-order chi connectivity index (χ1) is 19.4. The third-order valence-electron chi connectivity index (χ3n) is 7.51. The maximum Gasteiger partial charge on any atom is 0.319 e. The van der Waals surface area contributed by atoms with Crippen LogP contribution in [0.2, 0.25) is 0 Å². The minimum Gasteiger partial charge on any atom is -0.396 e. The zero-order valence-electron chi connectivity index (χ0n) is 22.6. The number of ether oxygens (including phenoxy) is 1. The number of aromatic nitrogens is 2. The maximum absolute atomic E-state index is 12.1. The summed E-state index contributed by atoms with van der Waals surface area (Å²) in [5.41, 5.74) is 1.99. The van der Waals surface area contributed by atoms with Crippen LogP contribution in [-0.2, 0) is 9.48 Å². The first-order valence-electron chi connectivity index (χ1n) is 13.7. The second kappa shape index (κ2) is 12.1. The lowest BCUT2D eigenvalue weighted by molar-refractivity contribution is 0.0925. The van der Waals surface area contributed by atoms with Crippen molar-refractivity contribution in [3.05, 3.63) is 66.4 Å². The summed E-state index contributed by atoms with van der Waals surface area (Å²) >= 11 is 0. The molecule has 5 rings (SSSR count). The summed E-state index contributed by atoms with van der Waals surface area (Å²) in [4.78, 5) is 24.7. The molecule has 0 radical (unpaired) electrons. The maximum atomic E-state index is 12.1. The van der Waals surface area contributed by atoms with Gasteiger partial charge in [-0.25, -0.2) is 14.8 Å². The predicted molar refractivity (Wildman–Crippen MR) is 157 cm³/mol. The number of aliphatic hydroxyl groups is 1. The van der Waals surface area contributed by atoms with Crippen molar-refractivity contribution in [2.75, 3.05) is 43.1 Å². The molecule has 40 heavy (non-hydrogen) atoms. The molecule has 1 aromatic heterocycles. The number of amides is 2. The van der Waals surface area contributed by atoms with E-state index in [1.54, 1.807) is 24.3 Å². The number of hydrogen-bond donors (Lipinski definition) is 5. The van der Waals surface area contributed by atoms with Crippen molar-refractivity contribution in [2.45, 2.75) is 48.3 Å². The molecule has 2 aliphatic rings. The van der Waals surface area contributed by atoms with Gasteiger partial charge in [0.15, 0.2) is 5.82 Å². The molecule has 0 unspecified atom stereocenters.